The van der Waals surface area contributed by atoms with E-state index in [2.05, 4.69) is 28.6 Å². The number of guanidine groups is 1. The number of ether oxygens (including phenoxy) is 1. The molecule has 1 aromatic heterocycles. The van der Waals surface area contributed by atoms with Crippen LogP contribution in [-0.2, 0) is 13.0 Å². The maximum absolute atomic E-state index is 10.0. The van der Waals surface area contributed by atoms with Crippen LogP contribution in [0, 0.1) is 6.92 Å². The van der Waals surface area contributed by atoms with E-state index >= 15 is 0 Å². The molecular weight excluding hydrogens is 469 g/mol. The molecule has 0 aliphatic carbocycles. The molecule has 0 saturated carbocycles. The van der Waals surface area contributed by atoms with Crippen molar-refractivity contribution >= 4 is 40.9 Å². The summed E-state index contributed by atoms with van der Waals surface area (Å²) in [6.07, 6.45) is 0.667. The summed E-state index contributed by atoms with van der Waals surface area (Å²) in [6.45, 7) is 3.25. The number of aliphatic imine (C=N–C) groups is 1. The molecule has 2 aromatic carbocycles. The molecule has 0 atom stereocenters. The van der Waals surface area contributed by atoms with Gasteiger partial charge in [0, 0.05) is 30.6 Å². The largest absolute Gasteiger partial charge is 0.508 e. The summed E-state index contributed by atoms with van der Waals surface area (Å²) in [5.74, 6) is 2.45. The van der Waals surface area contributed by atoms with Crippen LogP contribution in [0.25, 0.3) is 11.0 Å². The van der Waals surface area contributed by atoms with Gasteiger partial charge in [-0.3, -0.25) is 4.99 Å². The van der Waals surface area contributed by atoms with Crippen LogP contribution in [0.4, 0.5) is 0 Å². The molecule has 0 bridgehead atoms. The summed E-state index contributed by atoms with van der Waals surface area (Å²) in [5.41, 5.74) is 2.88. The molecule has 0 aliphatic heterocycles. The Labute approximate surface area is 182 Å². The number of para-hydroxylation sites is 1. The number of hydrogen-bond donors (Lipinski definition) is 3. The number of phenols is 1. The number of fused-ring (bicyclic) bond motifs is 1. The lowest BCUT2D eigenvalue weighted by atomic mass is 10.1. The lowest BCUT2D eigenvalue weighted by molar-refractivity contribution is 0.406. The number of halogens is 1. The number of benzene rings is 2. The average Bonchev–Trinajstić information content (AvgIpc) is 3.01. The van der Waals surface area contributed by atoms with Gasteiger partial charge in [0.15, 0.2) is 5.96 Å². The fraction of sp³-hybridized carbons (Fsp3) is 0.286. The van der Waals surface area contributed by atoms with Gasteiger partial charge in [0.2, 0.25) is 0 Å². The van der Waals surface area contributed by atoms with E-state index in [0.717, 1.165) is 27.9 Å². The van der Waals surface area contributed by atoms with Crippen molar-refractivity contribution in [3.05, 3.63) is 59.4 Å². The van der Waals surface area contributed by atoms with Crippen LogP contribution >= 0.6 is 24.0 Å². The van der Waals surface area contributed by atoms with E-state index in [1.54, 1.807) is 20.2 Å². The van der Waals surface area contributed by atoms with Crippen molar-refractivity contribution in [3.63, 3.8) is 0 Å². The van der Waals surface area contributed by atoms with Crippen LogP contribution in [0.5, 0.6) is 11.5 Å². The molecule has 150 valence electrons. The monoisotopic (exact) mass is 495 g/mol. The number of aromatic hydroxyl groups is 1. The molecule has 0 unspecified atom stereocenters. The molecule has 3 N–H and O–H groups in total. The zero-order valence-electron chi connectivity index (χ0n) is 16.3. The molecule has 0 spiro atoms. The predicted octanol–water partition coefficient (Wildman–Crippen LogP) is 3.98. The Kier molecular flexibility index (Phi) is 7.98. The summed E-state index contributed by atoms with van der Waals surface area (Å²) in [5, 5.41) is 17.7. The number of furan rings is 1. The molecule has 0 fully saturated rings. The average molecular weight is 495 g/mol. The Morgan fingerprint density at radius 2 is 1.96 bits per heavy atom. The smallest absolute Gasteiger partial charge is 0.191 e. The van der Waals surface area contributed by atoms with Gasteiger partial charge in [0.1, 0.15) is 22.8 Å². The number of rotatable bonds is 6. The second-order valence-electron chi connectivity index (χ2n) is 6.24. The molecule has 7 heteroatoms. The quantitative estimate of drug-likeness (QED) is 0.274. The third-order valence-electron chi connectivity index (χ3n) is 4.56. The standard InChI is InChI=1S/C21H25N3O3.HI/c1-14-17-6-4-5-7-19(17)27-20(14)13-24-21(22-2)23-11-10-15-8-9-16(26-3)12-18(15)25;/h4-9,12,25H,10-11,13H2,1-3H3,(H2,22,23,24);1H. The first-order chi connectivity index (χ1) is 13.1. The van der Waals surface area contributed by atoms with Crippen LogP contribution in [0.3, 0.4) is 0 Å². The van der Waals surface area contributed by atoms with Crippen LogP contribution in [-0.4, -0.2) is 31.8 Å². The number of methoxy groups -OCH3 is 1. The van der Waals surface area contributed by atoms with Gasteiger partial charge in [-0.15, -0.1) is 24.0 Å². The second-order valence-corrected chi connectivity index (χ2v) is 6.24. The maximum Gasteiger partial charge on any atom is 0.191 e. The van der Waals surface area contributed by atoms with Gasteiger partial charge in [-0.1, -0.05) is 24.3 Å². The van der Waals surface area contributed by atoms with Crippen LogP contribution in [0.15, 0.2) is 51.9 Å². The second kappa shape index (κ2) is 10.2. The summed E-state index contributed by atoms with van der Waals surface area (Å²) in [7, 11) is 3.31. The van der Waals surface area contributed by atoms with Gasteiger partial charge in [-0.25, -0.2) is 0 Å². The van der Waals surface area contributed by atoms with Gasteiger partial charge in [0.05, 0.1) is 13.7 Å². The van der Waals surface area contributed by atoms with Crippen molar-refractivity contribution in [1.29, 1.82) is 0 Å². The van der Waals surface area contributed by atoms with Crippen molar-refractivity contribution in [1.82, 2.24) is 10.6 Å². The number of phenolic OH excluding ortho intramolecular Hbond substituents is 1. The van der Waals surface area contributed by atoms with Crippen molar-refractivity contribution < 1.29 is 14.3 Å². The van der Waals surface area contributed by atoms with E-state index in [-0.39, 0.29) is 29.7 Å². The Morgan fingerprint density at radius 3 is 2.64 bits per heavy atom. The predicted molar refractivity (Wildman–Crippen MR) is 123 cm³/mol. The highest BCUT2D eigenvalue weighted by molar-refractivity contribution is 14.0. The zero-order valence-corrected chi connectivity index (χ0v) is 18.6. The fourth-order valence-corrected chi connectivity index (χ4v) is 2.98. The molecule has 3 rings (SSSR count). The number of nitrogens with zero attached hydrogens (tertiary/aromatic N) is 1. The lowest BCUT2D eigenvalue weighted by Gasteiger charge is -2.12. The minimum absolute atomic E-state index is 0. The normalized spacial score (nSPS) is 11.2. The Balaban J connectivity index is 0.00000280. The molecule has 6 nitrogen and oxygen atoms in total. The Hall–Kier alpha value is -2.42. The highest BCUT2D eigenvalue weighted by atomic mass is 127. The molecule has 28 heavy (non-hydrogen) atoms. The number of nitrogens with one attached hydrogen (secondary N) is 2. The summed E-state index contributed by atoms with van der Waals surface area (Å²) in [4.78, 5) is 4.24. The van der Waals surface area contributed by atoms with Crippen molar-refractivity contribution in [2.75, 3.05) is 20.7 Å². The van der Waals surface area contributed by atoms with Crippen LogP contribution < -0.4 is 15.4 Å². The highest BCUT2D eigenvalue weighted by Gasteiger charge is 2.10. The van der Waals surface area contributed by atoms with E-state index in [9.17, 15) is 5.11 Å². The van der Waals surface area contributed by atoms with E-state index in [0.29, 0.717) is 31.2 Å². The molecule has 0 aliphatic rings. The van der Waals surface area contributed by atoms with Crippen molar-refractivity contribution in [3.8, 4) is 11.5 Å². The summed E-state index contributed by atoms with van der Waals surface area (Å²) >= 11 is 0. The molecule has 3 aromatic rings. The SMILES string of the molecule is CN=C(NCCc1ccc(OC)cc1O)NCc1oc2ccccc2c1C.I. The highest BCUT2D eigenvalue weighted by Crippen LogP contribution is 2.25. The Bertz CT molecular complexity index is 953. The van der Waals surface area contributed by atoms with Crippen LogP contribution in [0.2, 0.25) is 0 Å². The molecule has 0 radical (unpaired) electrons. The Morgan fingerprint density at radius 1 is 1.18 bits per heavy atom. The lowest BCUT2D eigenvalue weighted by Crippen LogP contribution is -2.37. The summed E-state index contributed by atoms with van der Waals surface area (Å²) < 4.78 is 11.0. The third-order valence-corrected chi connectivity index (χ3v) is 4.56. The van der Waals surface area contributed by atoms with E-state index in [1.807, 2.05) is 30.3 Å². The van der Waals surface area contributed by atoms with Crippen molar-refractivity contribution in [2.45, 2.75) is 19.9 Å². The minimum atomic E-state index is 0. The minimum Gasteiger partial charge on any atom is -0.508 e. The van der Waals surface area contributed by atoms with Crippen molar-refractivity contribution in [2.24, 2.45) is 4.99 Å². The number of aryl methyl sites for hydroxylation is 1. The first-order valence-electron chi connectivity index (χ1n) is 8.89. The summed E-state index contributed by atoms with van der Waals surface area (Å²) in [6, 6.07) is 13.3. The molecule has 0 amide bonds. The van der Waals surface area contributed by atoms with Gasteiger partial charge in [0.25, 0.3) is 0 Å². The fourth-order valence-electron chi connectivity index (χ4n) is 2.98. The van der Waals surface area contributed by atoms with E-state index in [1.165, 1.54) is 0 Å². The van der Waals surface area contributed by atoms with Crippen LogP contribution in [0.1, 0.15) is 16.9 Å². The molecule has 1 heterocycles. The van der Waals surface area contributed by atoms with Gasteiger partial charge in [-0.2, -0.15) is 0 Å². The zero-order chi connectivity index (χ0) is 19.2. The topological polar surface area (TPSA) is 79.0 Å². The molecule has 0 saturated heterocycles. The third kappa shape index (κ3) is 5.09. The maximum atomic E-state index is 10.0. The van der Waals surface area contributed by atoms with Gasteiger partial charge < -0.3 is 24.9 Å². The van der Waals surface area contributed by atoms with E-state index in [4.69, 9.17) is 9.15 Å². The number of hydrogen-bond acceptors (Lipinski definition) is 4. The van der Waals surface area contributed by atoms with Gasteiger partial charge in [-0.05, 0) is 31.0 Å². The first-order valence-corrected chi connectivity index (χ1v) is 8.89. The first kappa shape index (κ1) is 21.9. The van der Waals surface area contributed by atoms with E-state index < -0.39 is 0 Å². The molecular formula is C21H26IN3O3. The van der Waals surface area contributed by atoms with Gasteiger partial charge >= 0.3 is 0 Å².